The second-order valence-corrected chi connectivity index (χ2v) is 7.62. The van der Waals surface area contributed by atoms with Gasteiger partial charge >= 0.3 is 6.18 Å². The lowest BCUT2D eigenvalue weighted by molar-refractivity contribution is -0.148. The Morgan fingerprint density at radius 3 is 2.92 bits per heavy atom. The molecule has 3 heterocycles. The van der Waals surface area contributed by atoms with Crippen LogP contribution in [-0.4, -0.2) is 45.3 Å². The van der Waals surface area contributed by atoms with Crippen molar-refractivity contribution in [3.8, 4) is 0 Å². The molecule has 2 aromatic heterocycles. The van der Waals surface area contributed by atoms with E-state index < -0.39 is 12.6 Å². The molecular formula is C14H17F3IN5S. The summed E-state index contributed by atoms with van der Waals surface area (Å²) >= 11 is 2.17. The van der Waals surface area contributed by atoms with Gasteiger partial charge in [0.1, 0.15) is 6.33 Å². The zero-order valence-corrected chi connectivity index (χ0v) is 16.0. The molecule has 132 valence electrons. The third-order valence-electron chi connectivity index (χ3n) is 4.25. The molecule has 2 aromatic rings. The van der Waals surface area contributed by atoms with Gasteiger partial charge in [-0.1, -0.05) is 0 Å². The zero-order valence-electron chi connectivity index (χ0n) is 13.0. The van der Waals surface area contributed by atoms with Gasteiger partial charge in [0.15, 0.2) is 11.5 Å². The maximum Gasteiger partial charge on any atom is 0.389 e. The van der Waals surface area contributed by atoms with Crippen molar-refractivity contribution < 1.29 is 13.2 Å². The Morgan fingerprint density at radius 2 is 2.21 bits per heavy atom. The number of rotatable bonds is 4. The number of piperidine rings is 1. The highest BCUT2D eigenvalue weighted by Crippen LogP contribution is 2.33. The first-order valence-corrected chi connectivity index (χ1v) is 10.9. The first-order valence-electron chi connectivity index (χ1n) is 7.55. The van der Waals surface area contributed by atoms with Gasteiger partial charge in [-0.25, -0.2) is 15.0 Å². The van der Waals surface area contributed by atoms with Gasteiger partial charge in [0.2, 0.25) is 0 Å². The molecular weight excluding hydrogens is 454 g/mol. The molecule has 1 atom stereocenters. The van der Waals surface area contributed by atoms with E-state index in [1.165, 1.54) is 15.4 Å². The maximum absolute atomic E-state index is 12.7. The number of hydrogen-bond acceptors (Lipinski definition) is 5. The minimum atomic E-state index is -4.11. The molecule has 24 heavy (non-hydrogen) atoms. The lowest BCUT2D eigenvalue weighted by atomic mass is 9.95. The highest BCUT2D eigenvalue weighted by Gasteiger charge is 2.35. The number of halogens is 4. The predicted octanol–water partition coefficient (Wildman–Crippen LogP) is 4.29. The van der Waals surface area contributed by atoms with E-state index in [0.29, 0.717) is 13.0 Å². The van der Waals surface area contributed by atoms with E-state index >= 15 is 0 Å². The number of fused-ring (bicyclic) bond motifs is 1. The molecule has 1 unspecified atom stereocenters. The summed E-state index contributed by atoms with van der Waals surface area (Å²) in [4.78, 5) is 8.65. The SMILES string of the molecule is CN(c1ncnc2c1ccn2SI)N1CCCC(CC(F)(F)F)C1. The summed E-state index contributed by atoms with van der Waals surface area (Å²) in [6.07, 6.45) is -0.0541. The molecule has 1 fully saturated rings. The summed E-state index contributed by atoms with van der Waals surface area (Å²) in [5.74, 6) is 0.352. The van der Waals surface area contributed by atoms with E-state index in [9.17, 15) is 13.2 Å². The summed E-state index contributed by atoms with van der Waals surface area (Å²) in [6.45, 7) is 1.13. The number of nitrogens with zero attached hydrogens (tertiary/aromatic N) is 5. The van der Waals surface area contributed by atoms with Gasteiger partial charge in [0, 0.05) is 63.1 Å². The predicted molar refractivity (Wildman–Crippen MR) is 97.9 cm³/mol. The van der Waals surface area contributed by atoms with Crippen molar-refractivity contribution in [1.29, 1.82) is 0 Å². The molecule has 5 nitrogen and oxygen atoms in total. The second-order valence-electron chi connectivity index (χ2n) is 5.91. The van der Waals surface area contributed by atoms with Crippen LogP contribution in [0.3, 0.4) is 0 Å². The Hall–Kier alpha value is -0.750. The monoisotopic (exact) mass is 471 g/mol. The van der Waals surface area contributed by atoms with Crippen molar-refractivity contribution in [2.75, 3.05) is 25.1 Å². The van der Waals surface area contributed by atoms with Crippen LogP contribution in [0.2, 0.25) is 0 Å². The fraction of sp³-hybridized carbons (Fsp3) is 0.571. The van der Waals surface area contributed by atoms with Gasteiger partial charge in [0.05, 0.1) is 5.39 Å². The van der Waals surface area contributed by atoms with Crippen LogP contribution in [-0.2, 0) is 0 Å². The number of aromatic nitrogens is 3. The summed E-state index contributed by atoms with van der Waals surface area (Å²) in [6, 6.07) is 1.93. The van der Waals surface area contributed by atoms with E-state index in [-0.39, 0.29) is 5.92 Å². The number of hydrazine groups is 1. The molecule has 0 aromatic carbocycles. The third-order valence-corrected chi connectivity index (χ3v) is 5.97. The molecule has 0 bridgehead atoms. The van der Waals surface area contributed by atoms with Crippen molar-refractivity contribution in [1.82, 2.24) is 18.9 Å². The van der Waals surface area contributed by atoms with Gasteiger partial charge in [0.25, 0.3) is 0 Å². The highest BCUT2D eigenvalue weighted by atomic mass is 127. The second kappa shape index (κ2) is 7.24. The molecule has 0 spiro atoms. The molecule has 1 aliphatic heterocycles. The topological polar surface area (TPSA) is 37.2 Å². The van der Waals surface area contributed by atoms with Crippen molar-refractivity contribution in [3.63, 3.8) is 0 Å². The fourth-order valence-electron chi connectivity index (χ4n) is 3.17. The van der Waals surface area contributed by atoms with Crippen molar-refractivity contribution in [2.24, 2.45) is 5.92 Å². The van der Waals surface area contributed by atoms with Crippen LogP contribution < -0.4 is 5.01 Å². The minimum Gasteiger partial charge on any atom is -0.292 e. The standard InChI is InChI=1S/C14H17F3IN5S/c1-21(22-5-2-3-10(8-22)7-14(15,16)17)12-11-4-6-23(24-18)13(11)20-9-19-12/h4,6,9-10H,2-3,5,7-8H2,1H3. The lowest BCUT2D eigenvalue weighted by Gasteiger charge is -2.39. The molecule has 0 radical (unpaired) electrons. The fourth-order valence-corrected chi connectivity index (χ4v) is 4.44. The van der Waals surface area contributed by atoms with Gasteiger partial charge in [-0.15, -0.1) is 0 Å². The van der Waals surface area contributed by atoms with Gasteiger partial charge in [-0.3, -0.25) is 8.98 Å². The van der Waals surface area contributed by atoms with Crippen LogP contribution in [0.25, 0.3) is 11.0 Å². The van der Waals surface area contributed by atoms with Gasteiger partial charge < -0.3 is 0 Å². The molecule has 0 amide bonds. The lowest BCUT2D eigenvalue weighted by Crippen LogP contribution is -2.47. The van der Waals surface area contributed by atoms with Crippen LogP contribution in [0, 0.1) is 5.92 Å². The van der Waals surface area contributed by atoms with Gasteiger partial charge in [-0.2, -0.15) is 13.2 Å². The van der Waals surface area contributed by atoms with E-state index in [1.54, 1.807) is 0 Å². The van der Waals surface area contributed by atoms with Gasteiger partial charge in [-0.05, 0) is 24.8 Å². The summed E-state index contributed by atoms with van der Waals surface area (Å²) < 4.78 is 40.0. The molecule has 1 saturated heterocycles. The van der Waals surface area contributed by atoms with E-state index in [2.05, 4.69) is 31.2 Å². The minimum absolute atomic E-state index is 0.368. The third kappa shape index (κ3) is 3.90. The van der Waals surface area contributed by atoms with Crippen LogP contribution >= 0.6 is 30.3 Å². The van der Waals surface area contributed by atoms with Crippen LogP contribution in [0.4, 0.5) is 19.0 Å². The summed E-state index contributed by atoms with van der Waals surface area (Å²) in [5.41, 5.74) is 0.801. The van der Waals surface area contributed by atoms with Crippen molar-refractivity contribution in [3.05, 3.63) is 18.6 Å². The number of alkyl halides is 3. The largest absolute Gasteiger partial charge is 0.389 e. The zero-order chi connectivity index (χ0) is 17.3. The first-order chi connectivity index (χ1) is 11.4. The number of hydrogen-bond donors (Lipinski definition) is 0. The smallest absolute Gasteiger partial charge is 0.292 e. The van der Waals surface area contributed by atoms with E-state index in [4.69, 9.17) is 0 Å². The molecule has 1 aliphatic rings. The van der Waals surface area contributed by atoms with E-state index in [1.807, 2.05) is 33.3 Å². The Kier molecular flexibility index (Phi) is 5.45. The Bertz CT molecular complexity index is 707. The van der Waals surface area contributed by atoms with Crippen LogP contribution in [0.5, 0.6) is 0 Å². The number of anilines is 1. The van der Waals surface area contributed by atoms with Crippen molar-refractivity contribution >= 4 is 47.2 Å². The highest BCUT2D eigenvalue weighted by molar-refractivity contribution is 14.2. The molecule has 10 heteroatoms. The normalized spacial score (nSPS) is 19.8. The average Bonchev–Trinajstić information content (AvgIpc) is 2.96. The quantitative estimate of drug-likeness (QED) is 0.623. The van der Waals surface area contributed by atoms with E-state index in [0.717, 1.165) is 29.8 Å². The summed E-state index contributed by atoms with van der Waals surface area (Å²) in [7, 11) is 3.36. The first kappa shape index (κ1) is 18.1. The molecule has 0 aliphatic carbocycles. The molecule has 0 N–H and O–H groups in total. The average molecular weight is 471 g/mol. The Morgan fingerprint density at radius 1 is 1.42 bits per heavy atom. The van der Waals surface area contributed by atoms with Crippen LogP contribution in [0.15, 0.2) is 18.6 Å². The van der Waals surface area contributed by atoms with Crippen molar-refractivity contribution in [2.45, 2.75) is 25.4 Å². The molecule has 0 saturated carbocycles. The maximum atomic E-state index is 12.7. The Balaban J connectivity index is 1.81. The Labute approximate surface area is 154 Å². The summed E-state index contributed by atoms with van der Waals surface area (Å²) in [5, 5.41) is 4.72. The molecule has 3 rings (SSSR count). The van der Waals surface area contributed by atoms with Crippen LogP contribution in [0.1, 0.15) is 19.3 Å².